The van der Waals surface area contributed by atoms with E-state index in [1.165, 1.54) is 4.90 Å². The van der Waals surface area contributed by atoms with Crippen LogP contribution in [0.1, 0.15) is 0 Å². The van der Waals surface area contributed by atoms with E-state index < -0.39 is 0 Å². The maximum absolute atomic E-state index is 12.0. The molecule has 0 bridgehead atoms. The highest BCUT2D eigenvalue weighted by Gasteiger charge is 2.21. The molecule has 0 aliphatic carbocycles. The summed E-state index contributed by atoms with van der Waals surface area (Å²) < 4.78 is 10.6. The van der Waals surface area contributed by atoms with Crippen LogP contribution in [0, 0.1) is 0 Å². The number of benzene rings is 1. The summed E-state index contributed by atoms with van der Waals surface area (Å²) in [6.07, 6.45) is 0. The molecule has 0 spiro atoms. The standard InChI is InChI=1S/C15H21N3O4.ClH/c1-18(2)14(19)10-22-12-5-3-11(4-6-12)17-15(20)13-9-21-8-7-16-13;/h3-6,13,16H,7-10H2,1-2H3,(H,17,20);1H. The Labute approximate surface area is 141 Å². The number of carbonyl (C=O) groups excluding carboxylic acids is 2. The molecule has 1 aliphatic rings. The highest BCUT2D eigenvalue weighted by Crippen LogP contribution is 2.16. The van der Waals surface area contributed by atoms with Crippen LogP contribution >= 0.6 is 12.4 Å². The zero-order valence-electron chi connectivity index (χ0n) is 13.2. The lowest BCUT2D eigenvalue weighted by molar-refractivity contribution is -0.130. The second-order valence-corrected chi connectivity index (χ2v) is 5.17. The Bertz CT molecular complexity index is 516. The van der Waals surface area contributed by atoms with Crippen molar-refractivity contribution < 1.29 is 19.1 Å². The van der Waals surface area contributed by atoms with Gasteiger partial charge in [-0.3, -0.25) is 9.59 Å². The maximum Gasteiger partial charge on any atom is 0.259 e. The second kappa shape index (κ2) is 9.34. The fourth-order valence-corrected chi connectivity index (χ4v) is 1.87. The molecule has 23 heavy (non-hydrogen) atoms. The molecule has 1 heterocycles. The number of likely N-dealkylation sites (N-methyl/N-ethyl adjacent to an activating group) is 1. The summed E-state index contributed by atoms with van der Waals surface area (Å²) in [5, 5.41) is 5.90. The van der Waals surface area contributed by atoms with E-state index in [1.54, 1.807) is 38.4 Å². The third kappa shape index (κ3) is 6.05. The zero-order chi connectivity index (χ0) is 15.9. The molecular weight excluding hydrogens is 322 g/mol. The van der Waals surface area contributed by atoms with Crippen LogP contribution in [0.25, 0.3) is 0 Å². The predicted molar refractivity (Wildman–Crippen MR) is 89.1 cm³/mol. The van der Waals surface area contributed by atoms with Crippen LogP contribution in [0.15, 0.2) is 24.3 Å². The van der Waals surface area contributed by atoms with Gasteiger partial charge in [0.25, 0.3) is 5.91 Å². The molecule has 2 N–H and O–H groups in total. The highest BCUT2D eigenvalue weighted by molar-refractivity contribution is 5.95. The Morgan fingerprint density at radius 3 is 2.61 bits per heavy atom. The summed E-state index contributed by atoms with van der Waals surface area (Å²) in [4.78, 5) is 24.9. The molecule has 1 saturated heterocycles. The van der Waals surface area contributed by atoms with Crippen molar-refractivity contribution in [3.05, 3.63) is 24.3 Å². The van der Waals surface area contributed by atoms with E-state index in [1.807, 2.05) is 0 Å². The minimum Gasteiger partial charge on any atom is -0.484 e. The SMILES string of the molecule is CN(C)C(=O)COc1ccc(NC(=O)C2COCCN2)cc1.Cl. The van der Waals surface area contributed by atoms with Gasteiger partial charge >= 0.3 is 0 Å². The molecule has 0 aromatic heterocycles. The molecule has 1 aromatic carbocycles. The van der Waals surface area contributed by atoms with Crippen molar-refractivity contribution in [3.8, 4) is 5.75 Å². The summed E-state index contributed by atoms with van der Waals surface area (Å²) in [7, 11) is 3.35. The van der Waals surface area contributed by atoms with E-state index in [-0.39, 0.29) is 36.9 Å². The Hall–Kier alpha value is -1.83. The van der Waals surface area contributed by atoms with Gasteiger partial charge in [0.15, 0.2) is 6.61 Å². The van der Waals surface area contributed by atoms with E-state index in [0.29, 0.717) is 31.2 Å². The molecule has 8 heteroatoms. The van der Waals surface area contributed by atoms with E-state index in [2.05, 4.69) is 10.6 Å². The van der Waals surface area contributed by atoms with E-state index >= 15 is 0 Å². The van der Waals surface area contributed by atoms with Crippen LogP contribution in [0.2, 0.25) is 0 Å². The lowest BCUT2D eigenvalue weighted by Gasteiger charge is -2.22. The van der Waals surface area contributed by atoms with E-state index in [0.717, 1.165) is 0 Å². The van der Waals surface area contributed by atoms with Crippen molar-refractivity contribution >= 4 is 29.9 Å². The molecular formula is C15H22ClN3O4. The molecule has 7 nitrogen and oxygen atoms in total. The van der Waals surface area contributed by atoms with E-state index in [4.69, 9.17) is 9.47 Å². The summed E-state index contributed by atoms with van der Waals surface area (Å²) in [5.41, 5.74) is 0.670. The minimum absolute atomic E-state index is 0. The molecule has 128 valence electrons. The summed E-state index contributed by atoms with van der Waals surface area (Å²) in [6, 6.07) is 6.56. The zero-order valence-corrected chi connectivity index (χ0v) is 14.0. The summed E-state index contributed by atoms with van der Waals surface area (Å²) >= 11 is 0. The Balaban J connectivity index is 0.00000264. The maximum atomic E-state index is 12.0. The number of rotatable bonds is 5. The van der Waals surface area contributed by atoms with Gasteiger partial charge in [-0.25, -0.2) is 0 Å². The molecule has 1 atom stereocenters. The Morgan fingerprint density at radius 2 is 2.04 bits per heavy atom. The summed E-state index contributed by atoms with van der Waals surface area (Å²) in [6.45, 7) is 1.66. The van der Waals surface area contributed by atoms with Crippen LogP contribution in [-0.2, 0) is 14.3 Å². The first-order valence-corrected chi connectivity index (χ1v) is 7.11. The van der Waals surface area contributed by atoms with Gasteiger partial charge in [-0.1, -0.05) is 0 Å². The van der Waals surface area contributed by atoms with Crippen LogP contribution in [-0.4, -0.2) is 63.2 Å². The predicted octanol–water partition coefficient (Wildman–Crippen LogP) is 0.502. The fraction of sp³-hybridized carbons (Fsp3) is 0.467. The van der Waals surface area contributed by atoms with Gasteiger partial charge in [-0.2, -0.15) is 0 Å². The van der Waals surface area contributed by atoms with Crippen molar-refractivity contribution in [1.29, 1.82) is 0 Å². The average Bonchev–Trinajstić information content (AvgIpc) is 2.54. The number of amides is 2. The molecule has 0 radical (unpaired) electrons. The number of morpholine rings is 1. The Kier molecular flexibility index (Phi) is 7.80. The number of ether oxygens (including phenoxy) is 2. The number of carbonyl (C=O) groups is 2. The van der Waals surface area contributed by atoms with Crippen LogP contribution in [0.3, 0.4) is 0 Å². The lowest BCUT2D eigenvalue weighted by Crippen LogP contribution is -2.48. The largest absolute Gasteiger partial charge is 0.484 e. The normalized spacial score (nSPS) is 16.9. The smallest absolute Gasteiger partial charge is 0.259 e. The first kappa shape index (κ1) is 19.2. The van der Waals surface area contributed by atoms with Crippen molar-refractivity contribution in [1.82, 2.24) is 10.2 Å². The topological polar surface area (TPSA) is 79.9 Å². The lowest BCUT2D eigenvalue weighted by atomic mass is 10.2. The van der Waals surface area contributed by atoms with Crippen LogP contribution in [0.4, 0.5) is 5.69 Å². The molecule has 0 saturated carbocycles. The first-order valence-electron chi connectivity index (χ1n) is 7.11. The monoisotopic (exact) mass is 343 g/mol. The molecule has 1 aliphatic heterocycles. The van der Waals surface area contributed by atoms with Crippen molar-refractivity contribution in [2.45, 2.75) is 6.04 Å². The van der Waals surface area contributed by atoms with Gasteiger partial charge in [-0.05, 0) is 24.3 Å². The number of hydrogen-bond acceptors (Lipinski definition) is 5. The quantitative estimate of drug-likeness (QED) is 0.814. The van der Waals surface area contributed by atoms with Gasteiger partial charge in [0, 0.05) is 26.3 Å². The summed E-state index contributed by atoms with van der Waals surface area (Å²) in [5.74, 6) is 0.337. The third-order valence-electron chi connectivity index (χ3n) is 3.22. The van der Waals surface area contributed by atoms with Crippen LogP contribution < -0.4 is 15.4 Å². The molecule has 2 rings (SSSR count). The number of nitrogens with zero attached hydrogens (tertiary/aromatic N) is 1. The Morgan fingerprint density at radius 1 is 1.35 bits per heavy atom. The third-order valence-corrected chi connectivity index (χ3v) is 3.22. The minimum atomic E-state index is -0.331. The second-order valence-electron chi connectivity index (χ2n) is 5.17. The van der Waals surface area contributed by atoms with Gasteiger partial charge < -0.3 is 25.0 Å². The number of anilines is 1. The molecule has 1 fully saturated rings. The van der Waals surface area contributed by atoms with Gasteiger partial charge in [0.05, 0.1) is 13.2 Å². The average molecular weight is 344 g/mol. The fourth-order valence-electron chi connectivity index (χ4n) is 1.87. The van der Waals surface area contributed by atoms with Gasteiger partial charge in [-0.15, -0.1) is 12.4 Å². The number of halogens is 1. The van der Waals surface area contributed by atoms with Gasteiger partial charge in [0.1, 0.15) is 11.8 Å². The van der Waals surface area contributed by atoms with Crippen molar-refractivity contribution in [3.63, 3.8) is 0 Å². The van der Waals surface area contributed by atoms with Gasteiger partial charge in [0.2, 0.25) is 5.91 Å². The number of nitrogens with one attached hydrogen (secondary N) is 2. The van der Waals surface area contributed by atoms with Crippen LogP contribution in [0.5, 0.6) is 5.75 Å². The van der Waals surface area contributed by atoms with Crippen molar-refractivity contribution in [2.24, 2.45) is 0 Å². The van der Waals surface area contributed by atoms with Crippen molar-refractivity contribution in [2.75, 3.05) is 45.8 Å². The number of hydrogen-bond donors (Lipinski definition) is 2. The molecule has 2 amide bonds. The molecule has 1 aromatic rings. The first-order chi connectivity index (χ1) is 10.6. The highest BCUT2D eigenvalue weighted by atomic mass is 35.5. The molecule has 1 unspecified atom stereocenters. The van der Waals surface area contributed by atoms with E-state index in [9.17, 15) is 9.59 Å².